The predicted octanol–water partition coefficient (Wildman–Crippen LogP) is 1.24. The van der Waals surface area contributed by atoms with Gasteiger partial charge in [-0.1, -0.05) is 12.1 Å². The highest BCUT2D eigenvalue weighted by Gasteiger charge is 2.13. The molecule has 0 unspecified atom stereocenters. The lowest BCUT2D eigenvalue weighted by atomic mass is 10.1. The van der Waals surface area contributed by atoms with Crippen molar-refractivity contribution in [3.63, 3.8) is 0 Å². The molecule has 118 valence electrons. The van der Waals surface area contributed by atoms with Gasteiger partial charge in [0.25, 0.3) is 0 Å². The maximum Gasteiger partial charge on any atom is 0.227 e. The largest absolute Gasteiger partial charge is 0.399 e. The quantitative estimate of drug-likeness (QED) is 0.696. The van der Waals surface area contributed by atoms with Crippen molar-refractivity contribution < 1.29 is 9.53 Å². The third-order valence-corrected chi connectivity index (χ3v) is 3.26. The number of carbonyl (C=O) groups is 1. The van der Waals surface area contributed by atoms with Gasteiger partial charge in [0.15, 0.2) is 0 Å². The molecule has 0 aromatic heterocycles. The Bertz CT molecular complexity index is 435. The summed E-state index contributed by atoms with van der Waals surface area (Å²) < 4.78 is 5.09. The number of rotatable bonds is 9. The molecule has 0 aliphatic rings. The van der Waals surface area contributed by atoms with E-state index in [2.05, 4.69) is 4.90 Å². The Morgan fingerprint density at radius 2 is 2.00 bits per heavy atom. The second-order valence-electron chi connectivity index (χ2n) is 5.45. The fourth-order valence-corrected chi connectivity index (χ4v) is 2.13. The number of methoxy groups -OCH3 is 1. The zero-order chi connectivity index (χ0) is 15.7. The average molecular weight is 293 g/mol. The molecule has 0 atom stereocenters. The van der Waals surface area contributed by atoms with Crippen LogP contribution in [0.5, 0.6) is 0 Å². The van der Waals surface area contributed by atoms with Crippen LogP contribution in [0.3, 0.4) is 0 Å². The minimum absolute atomic E-state index is 0.122. The van der Waals surface area contributed by atoms with Crippen molar-refractivity contribution in [3.8, 4) is 0 Å². The lowest BCUT2D eigenvalue weighted by Gasteiger charge is -2.23. The van der Waals surface area contributed by atoms with Crippen molar-refractivity contribution >= 4 is 11.6 Å². The van der Waals surface area contributed by atoms with Gasteiger partial charge >= 0.3 is 0 Å². The van der Waals surface area contributed by atoms with Crippen LogP contribution in [0, 0.1) is 0 Å². The predicted molar refractivity (Wildman–Crippen MR) is 86.2 cm³/mol. The summed E-state index contributed by atoms with van der Waals surface area (Å²) in [5, 5.41) is 0. The van der Waals surface area contributed by atoms with Crippen LogP contribution in [0.4, 0.5) is 5.69 Å². The molecule has 0 aliphatic heterocycles. The van der Waals surface area contributed by atoms with E-state index < -0.39 is 0 Å². The van der Waals surface area contributed by atoms with Crippen LogP contribution >= 0.6 is 0 Å². The number of nitrogen functional groups attached to an aromatic ring is 1. The number of nitrogens with zero attached hydrogens (tertiary/aromatic N) is 2. The number of hydrogen-bond acceptors (Lipinski definition) is 4. The second-order valence-corrected chi connectivity index (χ2v) is 5.45. The average Bonchev–Trinajstić information content (AvgIpc) is 2.42. The molecule has 0 fully saturated rings. The molecule has 1 aromatic carbocycles. The van der Waals surface area contributed by atoms with E-state index >= 15 is 0 Å². The number of ether oxygens (including phenoxy) is 1. The Kier molecular flexibility index (Phi) is 7.79. The highest BCUT2D eigenvalue weighted by molar-refractivity contribution is 5.79. The molecule has 0 heterocycles. The number of benzene rings is 1. The standard InChI is InChI=1S/C16H27N3O2/c1-18(2)8-5-9-19(10-11-21-3)16(20)13-14-6-4-7-15(17)12-14/h4,6-7,12H,5,8-11,13,17H2,1-3H3. The lowest BCUT2D eigenvalue weighted by molar-refractivity contribution is -0.131. The summed E-state index contributed by atoms with van der Waals surface area (Å²) in [6.45, 7) is 2.91. The summed E-state index contributed by atoms with van der Waals surface area (Å²) >= 11 is 0. The summed E-state index contributed by atoms with van der Waals surface area (Å²) in [7, 11) is 5.72. The van der Waals surface area contributed by atoms with Crippen LogP contribution in [0.25, 0.3) is 0 Å². The lowest BCUT2D eigenvalue weighted by Crippen LogP contribution is -2.37. The van der Waals surface area contributed by atoms with Gasteiger partial charge in [-0.15, -0.1) is 0 Å². The van der Waals surface area contributed by atoms with Gasteiger partial charge in [-0.25, -0.2) is 0 Å². The summed E-state index contributed by atoms with van der Waals surface area (Å²) in [4.78, 5) is 16.4. The Labute approximate surface area is 127 Å². The summed E-state index contributed by atoms with van der Waals surface area (Å²) in [5.74, 6) is 0.122. The van der Waals surface area contributed by atoms with Gasteiger partial charge in [0.2, 0.25) is 5.91 Å². The van der Waals surface area contributed by atoms with Crippen LogP contribution in [0.2, 0.25) is 0 Å². The van der Waals surface area contributed by atoms with Crippen molar-refractivity contribution in [2.45, 2.75) is 12.8 Å². The van der Waals surface area contributed by atoms with Gasteiger partial charge in [-0.2, -0.15) is 0 Å². The van der Waals surface area contributed by atoms with E-state index in [4.69, 9.17) is 10.5 Å². The highest BCUT2D eigenvalue weighted by Crippen LogP contribution is 2.09. The topological polar surface area (TPSA) is 58.8 Å². The number of hydrogen-bond donors (Lipinski definition) is 1. The fraction of sp³-hybridized carbons (Fsp3) is 0.562. The molecular weight excluding hydrogens is 266 g/mol. The maximum absolute atomic E-state index is 12.4. The van der Waals surface area contributed by atoms with Gasteiger partial charge in [0.05, 0.1) is 13.0 Å². The van der Waals surface area contributed by atoms with Crippen LogP contribution in [0.15, 0.2) is 24.3 Å². The Balaban J connectivity index is 2.57. The van der Waals surface area contributed by atoms with E-state index in [-0.39, 0.29) is 5.91 Å². The normalized spacial score (nSPS) is 10.9. The van der Waals surface area contributed by atoms with Crippen LogP contribution in [0.1, 0.15) is 12.0 Å². The number of nitrogens with two attached hydrogens (primary N) is 1. The molecule has 5 nitrogen and oxygen atoms in total. The molecule has 1 rings (SSSR count). The van der Waals surface area contributed by atoms with E-state index in [1.165, 1.54) is 0 Å². The molecule has 1 aromatic rings. The summed E-state index contributed by atoms with van der Waals surface area (Å²) in [5.41, 5.74) is 7.40. The SMILES string of the molecule is COCCN(CCCN(C)C)C(=O)Cc1cccc(N)c1. The van der Waals surface area contributed by atoms with Gasteiger partial charge in [-0.05, 0) is 44.8 Å². The van der Waals surface area contributed by atoms with Crippen molar-refractivity contribution in [2.24, 2.45) is 0 Å². The molecular formula is C16H27N3O2. The molecule has 1 amide bonds. The first kappa shape index (κ1) is 17.5. The molecule has 0 radical (unpaired) electrons. The molecule has 2 N–H and O–H groups in total. The minimum Gasteiger partial charge on any atom is -0.399 e. The summed E-state index contributed by atoms with van der Waals surface area (Å²) in [6.07, 6.45) is 1.34. The Hall–Kier alpha value is -1.59. The molecule has 0 saturated carbocycles. The fourth-order valence-electron chi connectivity index (χ4n) is 2.13. The smallest absolute Gasteiger partial charge is 0.227 e. The van der Waals surface area contributed by atoms with Crippen molar-refractivity contribution in [3.05, 3.63) is 29.8 Å². The van der Waals surface area contributed by atoms with E-state index in [0.717, 1.165) is 25.1 Å². The maximum atomic E-state index is 12.4. The number of carbonyl (C=O) groups excluding carboxylic acids is 1. The monoisotopic (exact) mass is 293 g/mol. The van der Waals surface area contributed by atoms with Gasteiger partial charge in [0.1, 0.15) is 0 Å². The van der Waals surface area contributed by atoms with E-state index in [0.29, 0.717) is 25.3 Å². The molecule has 0 saturated heterocycles. The van der Waals surface area contributed by atoms with Crippen molar-refractivity contribution in [1.29, 1.82) is 0 Å². The molecule has 0 aliphatic carbocycles. The van der Waals surface area contributed by atoms with Gasteiger partial charge in [0, 0.05) is 25.9 Å². The Morgan fingerprint density at radius 1 is 1.24 bits per heavy atom. The first-order valence-corrected chi connectivity index (χ1v) is 7.28. The van der Waals surface area contributed by atoms with Crippen molar-refractivity contribution in [1.82, 2.24) is 9.80 Å². The van der Waals surface area contributed by atoms with Gasteiger partial charge in [-0.3, -0.25) is 4.79 Å². The molecule has 0 bridgehead atoms. The van der Waals surface area contributed by atoms with E-state index in [9.17, 15) is 4.79 Å². The Morgan fingerprint density at radius 3 is 2.62 bits per heavy atom. The summed E-state index contributed by atoms with van der Waals surface area (Å²) in [6, 6.07) is 7.49. The van der Waals surface area contributed by atoms with Gasteiger partial charge < -0.3 is 20.3 Å². The first-order chi connectivity index (χ1) is 10.0. The third-order valence-electron chi connectivity index (χ3n) is 3.26. The number of anilines is 1. The zero-order valence-electron chi connectivity index (χ0n) is 13.3. The van der Waals surface area contributed by atoms with E-state index in [1.54, 1.807) is 7.11 Å². The molecule has 0 spiro atoms. The second kappa shape index (κ2) is 9.37. The number of amides is 1. The highest BCUT2D eigenvalue weighted by atomic mass is 16.5. The van der Waals surface area contributed by atoms with Crippen LogP contribution in [-0.4, -0.2) is 63.2 Å². The van der Waals surface area contributed by atoms with Crippen molar-refractivity contribution in [2.75, 3.05) is 53.2 Å². The zero-order valence-corrected chi connectivity index (χ0v) is 13.3. The minimum atomic E-state index is 0.122. The molecule has 5 heteroatoms. The van der Waals surface area contributed by atoms with Crippen LogP contribution < -0.4 is 5.73 Å². The third kappa shape index (κ3) is 7.11. The van der Waals surface area contributed by atoms with Crippen LogP contribution in [-0.2, 0) is 16.0 Å². The molecule has 21 heavy (non-hydrogen) atoms. The van der Waals surface area contributed by atoms with E-state index in [1.807, 2.05) is 43.3 Å². The first-order valence-electron chi connectivity index (χ1n) is 7.28.